The molecule has 6 nitrogen and oxygen atoms in total. The van der Waals surface area contributed by atoms with Gasteiger partial charge in [0.05, 0.1) is 21.6 Å². The van der Waals surface area contributed by atoms with Gasteiger partial charge in [0.15, 0.2) is 5.82 Å². The van der Waals surface area contributed by atoms with Crippen molar-refractivity contribution in [1.82, 2.24) is 9.78 Å². The summed E-state index contributed by atoms with van der Waals surface area (Å²) in [5, 5.41) is 9.71. The van der Waals surface area contributed by atoms with E-state index in [1.165, 1.54) is 29.8 Å². The van der Waals surface area contributed by atoms with E-state index in [1.54, 1.807) is 30.5 Å². The average molecular weight is 466 g/mol. The molecule has 0 atom stereocenters. The van der Waals surface area contributed by atoms with Crippen LogP contribution in [-0.2, 0) is 11.3 Å². The largest absolute Gasteiger partial charge is 0.326 e. The number of benzene rings is 2. The number of hydrogen-bond donors (Lipinski definition) is 2. The molecule has 0 bridgehead atoms. The Kier molecular flexibility index (Phi) is 6.11. The summed E-state index contributed by atoms with van der Waals surface area (Å²) in [6.45, 7) is 1.59. The first-order valence-corrected chi connectivity index (χ1v) is 9.35. The molecule has 2 amide bonds. The van der Waals surface area contributed by atoms with Crippen molar-refractivity contribution in [1.29, 1.82) is 0 Å². The van der Waals surface area contributed by atoms with Gasteiger partial charge >= 0.3 is 0 Å². The molecular formula is C19H15BrClFN4O2. The van der Waals surface area contributed by atoms with E-state index < -0.39 is 5.91 Å². The smallest absolute Gasteiger partial charge is 0.258 e. The van der Waals surface area contributed by atoms with Crippen molar-refractivity contribution >= 4 is 50.9 Å². The summed E-state index contributed by atoms with van der Waals surface area (Å²) < 4.78 is 15.9. The maximum atomic E-state index is 13.8. The fourth-order valence-corrected chi connectivity index (χ4v) is 3.20. The number of carbonyl (C=O) groups is 2. The number of nitrogens with one attached hydrogen (secondary N) is 2. The Hall–Kier alpha value is -2.71. The molecule has 3 rings (SSSR count). The first-order valence-electron chi connectivity index (χ1n) is 8.18. The highest BCUT2D eigenvalue weighted by Crippen LogP contribution is 2.25. The standard InChI is InChI=1S/C19H15BrClFN4O2/c1-11(27)23-13-6-7-14(16(21)8-13)19(28)24-18-15(20)10-26(25-18)9-12-4-2-3-5-17(12)22/h2-8,10H,9H2,1H3,(H,23,27)(H,24,25,28). The van der Waals surface area contributed by atoms with Crippen LogP contribution in [0.3, 0.4) is 0 Å². The van der Waals surface area contributed by atoms with Crippen molar-refractivity contribution in [2.75, 3.05) is 10.6 Å². The second-order valence-electron chi connectivity index (χ2n) is 5.94. The molecule has 1 heterocycles. The van der Waals surface area contributed by atoms with Gasteiger partial charge in [0.1, 0.15) is 5.82 Å². The number of hydrogen-bond acceptors (Lipinski definition) is 3. The minimum atomic E-state index is -0.462. The topological polar surface area (TPSA) is 76.0 Å². The lowest BCUT2D eigenvalue weighted by molar-refractivity contribution is -0.114. The van der Waals surface area contributed by atoms with Crippen LogP contribution in [0.1, 0.15) is 22.8 Å². The van der Waals surface area contributed by atoms with Crippen LogP contribution < -0.4 is 10.6 Å². The summed E-state index contributed by atoms with van der Waals surface area (Å²) in [5.41, 5.74) is 1.20. The first kappa shape index (κ1) is 20.0. The minimum absolute atomic E-state index is 0.186. The van der Waals surface area contributed by atoms with Gasteiger partial charge in [-0.3, -0.25) is 14.3 Å². The van der Waals surface area contributed by atoms with Gasteiger partial charge in [-0.15, -0.1) is 0 Å². The van der Waals surface area contributed by atoms with Crippen molar-refractivity contribution in [2.24, 2.45) is 0 Å². The number of rotatable bonds is 5. The number of aromatic nitrogens is 2. The van der Waals surface area contributed by atoms with Crippen LogP contribution in [0.5, 0.6) is 0 Å². The quantitative estimate of drug-likeness (QED) is 0.574. The first-order chi connectivity index (χ1) is 13.3. The summed E-state index contributed by atoms with van der Waals surface area (Å²) in [5.74, 6) is -0.747. The number of anilines is 2. The molecule has 2 aromatic carbocycles. The molecular weight excluding hydrogens is 451 g/mol. The number of nitrogens with zero attached hydrogens (tertiary/aromatic N) is 2. The molecule has 0 saturated carbocycles. The highest BCUT2D eigenvalue weighted by Gasteiger charge is 2.16. The molecule has 2 N–H and O–H groups in total. The van der Waals surface area contributed by atoms with Crippen LogP contribution in [-0.4, -0.2) is 21.6 Å². The zero-order chi connectivity index (χ0) is 20.3. The molecule has 0 aliphatic carbocycles. The van der Waals surface area contributed by atoms with Gasteiger partial charge in [-0.25, -0.2) is 4.39 Å². The van der Waals surface area contributed by atoms with E-state index in [0.717, 1.165) is 0 Å². The van der Waals surface area contributed by atoms with Crippen molar-refractivity contribution in [2.45, 2.75) is 13.5 Å². The Bertz CT molecular complexity index is 1050. The van der Waals surface area contributed by atoms with Gasteiger partial charge in [0, 0.05) is 24.4 Å². The van der Waals surface area contributed by atoms with Crippen molar-refractivity contribution in [3.8, 4) is 0 Å². The molecule has 0 fully saturated rings. The van der Waals surface area contributed by atoms with E-state index in [0.29, 0.717) is 15.7 Å². The van der Waals surface area contributed by atoms with Gasteiger partial charge in [-0.1, -0.05) is 29.8 Å². The van der Waals surface area contributed by atoms with Crippen LogP contribution in [0.25, 0.3) is 0 Å². The van der Waals surface area contributed by atoms with E-state index in [2.05, 4.69) is 31.7 Å². The Morgan fingerprint density at radius 2 is 1.96 bits per heavy atom. The molecule has 9 heteroatoms. The molecule has 0 spiro atoms. The van der Waals surface area contributed by atoms with E-state index in [-0.39, 0.29) is 34.7 Å². The molecule has 0 saturated heterocycles. The van der Waals surface area contributed by atoms with Crippen LogP contribution in [0.15, 0.2) is 53.1 Å². The monoisotopic (exact) mass is 464 g/mol. The SMILES string of the molecule is CC(=O)Nc1ccc(C(=O)Nc2nn(Cc3ccccc3F)cc2Br)c(Cl)c1. The van der Waals surface area contributed by atoms with E-state index in [9.17, 15) is 14.0 Å². The molecule has 0 radical (unpaired) electrons. The Balaban J connectivity index is 1.75. The van der Waals surface area contributed by atoms with Gasteiger partial charge in [-0.05, 0) is 40.2 Å². The normalized spacial score (nSPS) is 10.6. The molecule has 144 valence electrons. The van der Waals surface area contributed by atoms with E-state index in [4.69, 9.17) is 11.6 Å². The summed E-state index contributed by atoms with van der Waals surface area (Å²) in [4.78, 5) is 23.6. The third-order valence-electron chi connectivity index (χ3n) is 3.77. The lowest BCUT2D eigenvalue weighted by Crippen LogP contribution is -2.14. The Morgan fingerprint density at radius 1 is 1.21 bits per heavy atom. The average Bonchev–Trinajstić information content (AvgIpc) is 2.95. The summed E-state index contributed by atoms with van der Waals surface area (Å²) in [6, 6.07) is 11.0. The summed E-state index contributed by atoms with van der Waals surface area (Å²) >= 11 is 9.49. The van der Waals surface area contributed by atoms with E-state index >= 15 is 0 Å². The number of halogens is 3. The fraction of sp³-hybridized carbons (Fsp3) is 0.105. The lowest BCUT2D eigenvalue weighted by Gasteiger charge is -2.08. The van der Waals surface area contributed by atoms with Crippen LogP contribution in [0.4, 0.5) is 15.9 Å². The predicted octanol–water partition coefficient (Wildman–Crippen LogP) is 4.70. The van der Waals surface area contributed by atoms with Crippen LogP contribution in [0.2, 0.25) is 5.02 Å². The summed E-state index contributed by atoms with van der Waals surface area (Å²) in [6.07, 6.45) is 1.64. The van der Waals surface area contributed by atoms with E-state index in [1.807, 2.05) is 0 Å². The molecule has 28 heavy (non-hydrogen) atoms. The van der Waals surface area contributed by atoms with Gasteiger partial charge in [0.2, 0.25) is 5.91 Å². The number of carbonyl (C=O) groups excluding carboxylic acids is 2. The summed E-state index contributed by atoms with van der Waals surface area (Å²) in [7, 11) is 0. The maximum absolute atomic E-state index is 13.8. The van der Waals surface area contributed by atoms with Crippen LogP contribution >= 0.6 is 27.5 Å². The third-order valence-corrected chi connectivity index (χ3v) is 4.67. The second-order valence-corrected chi connectivity index (χ2v) is 7.21. The fourth-order valence-electron chi connectivity index (χ4n) is 2.52. The molecule has 0 unspecified atom stereocenters. The third kappa shape index (κ3) is 4.76. The molecule has 0 aliphatic heterocycles. The van der Waals surface area contributed by atoms with Crippen LogP contribution in [0, 0.1) is 5.82 Å². The zero-order valence-corrected chi connectivity index (χ0v) is 17.0. The van der Waals surface area contributed by atoms with Crippen molar-refractivity contribution in [3.05, 3.63) is 75.1 Å². The number of amides is 2. The van der Waals surface area contributed by atoms with Crippen molar-refractivity contribution in [3.63, 3.8) is 0 Å². The maximum Gasteiger partial charge on any atom is 0.258 e. The van der Waals surface area contributed by atoms with Gasteiger partial charge < -0.3 is 10.6 Å². The zero-order valence-electron chi connectivity index (χ0n) is 14.7. The molecule has 3 aromatic rings. The highest BCUT2D eigenvalue weighted by atomic mass is 79.9. The lowest BCUT2D eigenvalue weighted by atomic mass is 10.2. The highest BCUT2D eigenvalue weighted by molar-refractivity contribution is 9.10. The van der Waals surface area contributed by atoms with Crippen molar-refractivity contribution < 1.29 is 14.0 Å². The molecule has 1 aromatic heterocycles. The van der Waals surface area contributed by atoms with Gasteiger partial charge in [0.25, 0.3) is 5.91 Å². The van der Waals surface area contributed by atoms with Gasteiger partial charge in [-0.2, -0.15) is 5.10 Å². The second kappa shape index (κ2) is 8.53. The molecule has 0 aliphatic rings. The Labute approximate surface area is 173 Å². The minimum Gasteiger partial charge on any atom is -0.326 e. The predicted molar refractivity (Wildman–Crippen MR) is 109 cm³/mol. The Morgan fingerprint density at radius 3 is 2.64 bits per heavy atom.